The molecule has 17 heavy (non-hydrogen) atoms. The molecule has 0 saturated heterocycles. The van der Waals surface area contributed by atoms with Gasteiger partial charge in [-0.1, -0.05) is 0 Å². The molecule has 0 fully saturated rings. The Balaban J connectivity index is 3.90. The molecular weight excluding hydrogens is 222 g/mol. The molecule has 0 heterocycles. The van der Waals surface area contributed by atoms with Crippen molar-refractivity contribution in [2.45, 2.75) is 12.8 Å². The summed E-state index contributed by atoms with van der Waals surface area (Å²) in [4.78, 5) is 27.3. The van der Waals surface area contributed by atoms with Crippen molar-refractivity contribution in [3.63, 3.8) is 0 Å². The van der Waals surface area contributed by atoms with Gasteiger partial charge in [0.25, 0.3) is 0 Å². The van der Waals surface area contributed by atoms with Crippen molar-refractivity contribution >= 4 is 12.0 Å². The molecule has 0 unspecified atom stereocenters. The number of urea groups is 1. The Bertz CT molecular complexity index is 256. The molecular formula is C11H23N3O3. The zero-order valence-electron chi connectivity index (χ0n) is 11.1. The second-order valence-corrected chi connectivity index (χ2v) is 4.43. The van der Waals surface area contributed by atoms with E-state index in [1.54, 1.807) is 19.0 Å². The van der Waals surface area contributed by atoms with Gasteiger partial charge in [-0.25, -0.2) is 4.79 Å². The summed E-state index contributed by atoms with van der Waals surface area (Å²) in [6, 6.07) is -0.134. The first-order valence-electron chi connectivity index (χ1n) is 5.67. The minimum atomic E-state index is -0.889. The van der Waals surface area contributed by atoms with Crippen molar-refractivity contribution in [2.75, 3.05) is 47.8 Å². The SMILES string of the molecule is CN(C)CCCN(C)C(=O)N(C)CCC(=O)O. The maximum absolute atomic E-state index is 11.8. The van der Waals surface area contributed by atoms with Gasteiger partial charge in [0.05, 0.1) is 6.42 Å². The van der Waals surface area contributed by atoms with Crippen LogP contribution < -0.4 is 0 Å². The number of hydrogen-bond donors (Lipinski definition) is 1. The summed E-state index contributed by atoms with van der Waals surface area (Å²) in [5.74, 6) is -0.889. The first-order valence-corrected chi connectivity index (χ1v) is 5.67. The van der Waals surface area contributed by atoms with Crippen molar-refractivity contribution in [2.24, 2.45) is 0 Å². The van der Waals surface area contributed by atoms with Crippen LogP contribution in [0.3, 0.4) is 0 Å². The first-order chi connectivity index (χ1) is 7.84. The van der Waals surface area contributed by atoms with E-state index in [-0.39, 0.29) is 19.0 Å². The molecule has 0 aromatic heterocycles. The van der Waals surface area contributed by atoms with Crippen LogP contribution in [0.15, 0.2) is 0 Å². The van der Waals surface area contributed by atoms with E-state index < -0.39 is 5.97 Å². The predicted octanol–water partition coefficient (Wildman–Crippen LogP) is 0.396. The van der Waals surface area contributed by atoms with Crippen molar-refractivity contribution in [1.82, 2.24) is 14.7 Å². The third-order valence-electron chi connectivity index (χ3n) is 2.41. The van der Waals surface area contributed by atoms with Crippen LogP contribution in [-0.2, 0) is 4.79 Å². The van der Waals surface area contributed by atoms with Gasteiger partial charge in [0.15, 0.2) is 0 Å². The maximum Gasteiger partial charge on any atom is 0.319 e. The molecule has 0 spiro atoms. The Morgan fingerprint density at radius 1 is 0.941 bits per heavy atom. The predicted molar refractivity (Wildman–Crippen MR) is 66.1 cm³/mol. The topological polar surface area (TPSA) is 64.1 Å². The average Bonchev–Trinajstić information content (AvgIpc) is 2.24. The highest BCUT2D eigenvalue weighted by atomic mass is 16.4. The summed E-state index contributed by atoms with van der Waals surface area (Å²) in [5, 5.41) is 8.53. The highest BCUT2D eigenvalue weighted by Gasteiger charge is 2.14. The van der Waals surface area contributed by atoms with Gasteiger partial charge in [-0.15, -0.1) is 0 Å². The molecule has 2 amide bonds. The highest BCUT2D eigenvalue weighted by Crippen LogP contribution is 1.97. The Kier molecular flexibility index (Phi) is 7.29. The van der Waals surface area contributed by atoms with Crippen molar-refractivity contribution < 1.29 is 14.7 Å². The number of amides is 2. The maximum atomic E-state index is 11.8. The molecule has 0 aliphatic carbocycles. The number of aliphatic carboxylic acids is 1. The molecule has 0 aromatic carbocycles. The molecule has 0 aromatic rings. The Labute approximate surface area is 103 Å². The molecule has 0 atom stereocenters. The van der Waals surface area contributed by atoms with Crippen LogP contribution in [-0.4, -0.2) is 79.6 Å². The van der Waals surface area contributed by atoms with E-state index in [9.17, 15) is 9.59 Å². The van der Waals surface area contributed by atoms with Crippen LogP contribution >= 0.6 is 0 Å². The number of carboxylic acid groups (broad SMARTS) is 1. The monoisotopic (exact) mass is 245 g/mol. The van der Waals surface area contributed by atoms with E-state index in [0.29, 0.717) is 6.54 Å². The molecule has 0 bridgehead atoms. The first kappa shape index (κ1) is 15.7. The van der Waals surface area contributed by atoms with E-state index in [0.717, 1.165) is 13.0 Å². The van der Waals surface area contributed by atoms with Gasteiger partial charge >= 0.3 is 12.0 Å². The van der Waals surface area contributed by atoms with Crippen LogP contribution in [0, 0.1) is 0 Å². The molecule has 1 N–H and O–H groups in total. The Hall–Kier alpha value is -1.30. The van der Waals surface area contributed by atoms with E-state index in [1.807, 2.05) is 14.1 Å². The molecule has 100 valence electrons. The van der Waals surface area contributed by atoms with E-state index in [1.165, 1.54) is 4.90 Å². The zero-order chi connectivity index (χ0) is 13.4. The van der Waals surface area contributed by atoms with E-state index in [4.69, 9.17) is 5.11 Å². The van der Waals surface area contributed by atoms with Crippen LogP contribution in [0.1, 0.15) is 12.8 Å². The summed E-state index contributed by atoms with van der Waals surface area (Å²) in [6.45, 7) is 1.84. The number of rotatable bonds is 7. The number of carbonyl (C=O) groups is 2. The lowest BCUT2D eigenvalue weighted by atomic mass is 10.3. The second kappa shape index (κ2) is 7.89. The lowest BCUT2D eigenvalue weighted by Gasteiger charge is -2.24. The van der Waals surface area contributed by atoms with Gasteiger partial charge in [-0.05, 0) is 27.1 Å². The van der Waals surface area contributed by atoms with Gasteiger partial charge in [-0.2, -0.15) is 0 Å². The fourth-order valence-electron chi connectivity index (χ4n) is 1.37. The molecule has 6 heteroatoms. The number of carboxylic acids is 1. The van der Waals surface area contributed by atoms with Gasteiger partial charge in [0.2, 0.25) is 0 Å². The smallest absolute Gasteiger partial charge is 0.319 e. The number of hydrogen-bond acceptors (Lipinski definition) is 3. The summed E-state index contributed by atoms with van der Waals surface area (Å²) in [7, 11) is 7.32. The van der Waals surface area contributed by atoms with Gasteiger partial charge < -0.3 is 19.8 Å². The van der Waals surface area contributed by atoms with Gasteiger partial charge in [0.1, 0.15) is 0 Å². The summed E-state index contributed by atoms with van der Waals surface area (Å²) < 4.78 is 0. The van der Waals surface area contributed by atoms with Gasteiger partial charge in [-0.3, -0.25) is 4.79 Å². The molecule has 0 radical (unpaired) electrons. The normalized spacial score (nSPS) is 10.4. The molecule has 0 aliphatic rings. The minimum absolute atomic E-state index is 0.0201. The van der Waals surface area contributed by atoms with Gasteiger partial charge in [0, 0.05) is 27.2 Å². The summed E-state index contributed by atoms with van der Waals surface area (Å²) >= 11 is 0. The summed E-state index contributed by atoms with van der Waals surface area (Å²) in [5.41, 5.74) is 0. The van der Waals surface area contributed by atoms with E-state index in [2.05, 4.69) is 4.90 Å². The fraction of sp³-hybridized carbons (Fsp3) is 0.818. The highest BCUT2D eigenvalue weighted by molar-refractivity contribution is 5.74. The lowest BCUT2D eigenvalue weighted by Crippen LogP contribution is -2.40. The van der Waals surface area contributed by atoms with Crippen LogP contribution in [0.4, 0.5) is 4.79 Å². The standard InChI is InChI=1S/C11H23N3O3/c1-12(2)7-5-8-13(3)11(17)14(4)9-6-10(15)16/h5-9H2,1-4H3,(H,15,16). The number of nitrogens with zero attached hydrogens (tertiary/aromatic N) is 3. The minimum Gasteiger partial charge on any atom is -0.481 e. The quantitative estimate of drug-likeness (QED) is 0.705. The summed E-state index contributed by atoms with van der Waals surface area (Å²) in [6.07, 6.45) is 0.885. The fourth-order valence-corrected chi connectivity index (χ4v) is 1.37. The molecule has 0 rings (SSSR count). The molecule has 0 saturated carbocycles. The Morgan fingerprint density at radius 3 is 1.94 bits per heavy atom. The van der Waals surface area contributed by atoms with Crippen molar-refractivity contribution in [1.29, 1.82) is 0 Å². The second-order valence-electron chi connectivity index (χ2n) is 4.43. The van der Waals surface area contributed by atoms with Crippen molar-refractivity contribution in [3.05, 3.63) is 0 Å². The van der Waals surface area contributed by atoms with E-state index >= 15 is 0 Å². The molecule has 0 aliphatic heterocycles. The lowest BCUT2D eigenvalue weighted by molar-refractivity contribution is -0.137. The van der Waals surface area contributed by atoms with Crippen LogP contribution in [0.25, 0.3) is 0 Å². The van der Waals surface area contributed by atoms with Crippen molar-refractivity contribution in [3.8, 4) is 0 Å². The third kappa shape index (κ3) is 7.57. The number of carbonyl (C=O) groups excluding carboxylic acids is 1. The molecule has 6 nitrogen and oxygen atoms in total. The van der Waals surface area contributed by atoms with Crippen LogP contribution in [0.2, 0.25) is 0 Å². The third-order valence-corrected chi connectivity index (χ3v) is 2.41. The largest absolute Gasteiger partial charge is 0.481 e. The Morgan fingerprint density at radius 2 is 1.47 bits per heavy atom. The van der Waals surface area contributed by atoms with Crippen LogP contribution in [0.5, 0.6) is 0 Å². The zero-order valence-corrected chi connectivity index (χ0v) is 11.1. The average molecular weight is 245 g/mol.